The number of imidazole rings is 1. The van der Waals surface area contributed by atoms with Crippen LogP contribution in [0.5, 0.6) is 0 Å². The molecule has 262 valence electrons. The van der Waals surface area contributed by atoms with Crippen LogP contribution in [0.15, 0.2) is 194 Å². The van der Waals surface area contributed by atoms with E-state index >= 15 is 0 Å². The van der Waals surface area contributed by atoms with Gasteiger partial charge in [-0.05, 0) is 46.8 Å². The van der Waals surface area contributed by atoms with Crippen LogP contribution in [-0.2, 0) is 0 Å². The lowest BCUT2D eigenvalue weighted by Crippen LogP contribution is -2.06. The maximum atomic E-state index is 5.31. The molecule has 0 spiro atoms. The topological polar surface area (TPSA) is 61.4 Å². The molecule has 0 aliphatic rings. The second kappa shape index (κ2) is 13.0. The van der Waals surface area contributed by atoms with Gasteiger partial charge in [-0.3, -0.25) is 9.13 Å². The molecule has 56 heavy (non-hydrogen) atoms. The van der Waals surface area contributed by atoms with E-state index < -0.39 is 0 Å². The maximum absolute atomic E-state index is 5.31. The zero-order valence-corrected chi connectivity index (χ0v) is 30.2. The van der Waals surface area contributed by atoms with E-state index in [1.807, 2.05) is 72.8 Å². The molecular weight excluding hydrogens is 685 g/mol. The van der Waals surface area contributed by atoms with Crippen LogP contribution in [0.3, 0.4) is 0 Å². The van der Waals surface area contributed by atoms with Crippen molar-refractivity contribution in [2.75, 3.05) is 0 Å². The highest BCUT2D eigenvalue weighted by Gasteiger charge is 2.22. The third-order valence-electron chi connectivity index (χ3n) is 10.6. The molecule has 0 atom stereocenters. The van der Waals surface area contributed by atoms with Gasteiger partial charge in [-0.25, -0.2) is 9.97 Å². The molecule has 0 N–H and O–H groups in total. The summed E-state index contributed by atoms with van der Waals surface area (Å²) < 4.78 is 4.50. The fourth-order valence-electron chi connectivity index (χ4n) is 7.94. The predicted molar refractivity (Wildman–Crippen MR) is 228 cm³/mol. The average Bonchev–Trinajstić information content (AvgIpc) is 3.83. The monoisotopic (exact) mass is 716 g/mol. The third-order valence-corrected chi connectivity index (χ3v) is 10.6. The number of aromatic nitrogens is 6. The summed E-state index contributed by atoms with van der Waals surface area (Å²) in [4.78, 5) is 20.7. The molecule has 0 fully saturated rings. The number of hydrogen-bond acceptors (Lipinski definition) is 4. The SMILES string of the molecule is c1ccc(-c2ccc(-n3c(-c4ccccc4)nc4cc5ccc6c7ccccc7n(-c7nc(-c8ccccc8)nc(-c8ccccc8)n7)c6c5cc43)cc2)cc1. The van der Waals surface area contributed by atoms with Crippen molar-refractivity contribution in [1.82, 2.24) is 29.1 Å². The van der Waals surface area contributed by atoms with E-state index in [9.17, 15) is 0 Å². The summed E-state index contributed by atoms with van der Waals surface area (Å²) in [6.45, 7) is 0. The molecule has 3 heterocycles. The van der Waals surface area contributed by atoms with Gasteiger partial charge in [0.15, 0.2) is 11.6 Å². The molecule has 6 nitrogen and oxygen atoms in total. The Hall–Kier alpha value is -7.70. The van der Waals surface area contributed by atoms with E-state index in [4.69, 9.17) is 19.9 Å². The van der Waals surface area contributed by atoms with Crippen LogP contribution < -0.4 is 0 Å². The summed E-state index contributed by atoms with van der Waals surface area (Å²) >= 11 is 0. The van der Waals surface area contributed by atoms with Gasteiger partial charge in [0.2, 0.25) is 5.95 Å². The summed E-state index contributed by atoms with van der Waals surface area (Å²) in [5.74, 6) is 2.68. The second-order valence-electron chi connectivity index (χ2n) is 13.9. The van der Waals surface area contributed by atoms with Crippen molar-refractivity contribution in [2.45, 2.75) is 0 Å². The zero-order valence-electron chi connectivity index (χ0n) is 30.2. The molecule has 0 saturated carbocycles. The Morgan fingerprint density at radius 3 is 1.54 bits per heavy atom. The van der Waals surface area contributed by atoms with Crippen molar-refractivity contribution in [2.24, 2.45) is 0 Å². The minimum Gasteiger partial charge on any atom is -0.292 e. The minimum atomic E-state index is 0.562. The summed E-state index contributed by atoms with van der Waals surface area (Å²) in [6, 6.07) is 67.4. The van der Waals surface area contributed by atoms with E-state index in [1.54, 1.807) is 0 Å². The lowest BCUT2D eigenvalue weighted by molar-refractivity contribution is 0.955. The van der Waals surface area contributed by atoms with Crippen molar-refractivity contribution in [3.8, 4) is 56.9 Å². The maximum Gasteiger partial charge on any atom is 0.238 e. The second-order valence-corrected chi connectivity index (χ2v) is 13.9. The molecule has 0 unspecified atom stereocenters. The fraction of sp³-hybridized carbons (Fsp3) is 0. The molecule has 0 amide bonds. The van der Waals surface area contributed by atoms with Gasteiger partial charge in [-0.15, -0.1) is 0 Å². The predicted octanol–water partition coefficient (Wildman–Crippen LogP) is 12.1. The molecule has 0 saturated heterocycles. The zero-order chi connectivity index (χ0) is 37.0. The van der Waals surface area contributed by atoms with Gasteiger partial charge in [0, 0.05) is 38.5 Å². The van der Waals surface area contributed by atoms with Crippen molar-refractivity contribution < 1.29 is 0 Å². The Morgan fingerprint density at radius 1 is 0.339 bits per heavy atom. The molecule has 6 heteroatoms. The van der Waals surface area contributed by atoms with Gasteiger partial charge >= 0.3 is 0 Å². The standard InChI is InChI=1S/C50H32N6/c1-5-15-33(16-6-1)34-25-28-39(29-26-34)55-45-32-42-38(31-43(45)51-49(55)37-21-11-4-12-22-37)27-30-41-40-23-13-14-24-44(40)56(46(41)42)50-53-47(35-17-7-2-8-18-35)52-48(54-50)36-19-9-3-10-20-36/h1-32H. The number of fused-ring (bicyclic) bond motifs is 6. The van der Waals surface area contributed by atoms with Crippen LogP contribution in [0.2, 0.25) is 0 Å². The Labute approximate surface area is 322 Å². The summed E-state index contributed by atoms with van der Waals surface area (Å²) in [5.41, 5.74) is 10.3. The number of para-hydroxylation sites is 1. The first kappa shape index (κ1) is 31.8. The summed E-state index contributed by atoms with van der Waals surface area (Å²) in [7, 11) is 0. The van der Waals surface area contributed by atoms with Crippen LogP contribution in [0.1, 0.15) is 0 Å². The Morgan fingerprint density at radius 2 is 0.893 bits per heavy atom. The highest BCUT2D eigenvalue weighted by molar-refractivity contribution is 6.20. The molecule has 3 aromatic heterocycles. The molecule has 11 aromatic rings. The van der Waals surface area contributed by atoms with E-state index in [1.165, 1.54) is 11.1 Å². The number of benzene rings is 8. The molecular formula is C50H32N6. The fourth-order valence-corrected chi connectivity index (χ4v) is 7.94. The number of nitrogens with zero attached hydrogens (tertiary/aromatic N) is 6. The lowest BCUT2D eigenvalue weighted by Gasteiger charge is -2.13. The molecule has 0 bridgehead atoms. The van der Waals surface area contributed by atoms with E-state index in [2.05, 4.69) is 130 Å². The van der Waals surface area contributed by atoms with Gasteiger partial charge in [0.25, 0.3) is 0 Å². The minimum absolute atomic E-state index is 0.562. The Balaban J connectivity index is 1.21. The van der Waals surface area contributed by atoms with Crippen LogP contribution in [-0.4, -0.2) is 29.1 Å². The van der Waals surface area contributed by atoms with Gasteiger partial charge in [0.05, 0.1) is 22.1 Å². The largest absolute Gasteiger partial charge is 0.292 e. The highest BCUT2D eigenvalue weighted by atomic mass is 15.2. The van der Waals surface area contributed by atoms with Crippen LogP contribution in [0, 0.1) is 0 Å². The van der Waals surface area contributed by atoms with Crippen LogP contribution in [0.25, 0.3) is 101 Å². The number of rotatable bonds is 6. The van der Waals surface area contributed by atoms with Gasteiger partial charge in [-0.2, -0.15) is 9.97 Å². The smallest absolute Gasteiger partial charge is 0.238 e. The first-order valence-corrected chi connectivity index (χ1v) is 18.7. The van der Waals surface area contributed by atoms with Crippen molar-refractivity contribution >= 4 is 43.6 Å². The molecule has 0 aliphatic heterocycles. The van der Waals surface area contributed by atoms with Gasteiger partial charge < -0.3 is 0 Å². The quantitative estimate of drug-likeness (QED) is 0.172. The van der Waals surface area contributed by atoms with Gasteiger partial charge in [0.1, 0.15) is 5.82 Å². The van der Waals surface area contributed by atoms with Gasteiger partial charge in [-0.1, -0.05) is 164 Å². The summed E-state index contributed by atoms with van der Waals surface area (Å²) in [5, 5.41) is 4.41. The normalized spacial score (nSPS) is 11.6. The highest BCUT2D eigenvalue weighted by Crippen LogP contribution is 2.39. The van der Waals surface area contributed by atoms with Crippen molar-refractivity contribution in [1.29, 1.82) is 0 Å². The van der Waals surface area contributed by atoms with E-state index in [-0.39, 0.29) is 0 Å². The van der Waals surface area contributed by atoms with E-state index in [0.29, 0.717) is 17.6 Å². The lowest BCUT2D eigenvalue weighted by atomic mass is 10.0. The van der Waals surface area contributed by atoms with Crippen LogP contribution >= 0.6 is 0 Å². The molecule has 8 aromatic carbocycles. The number of hydrogen-bond donors (Lipinski definition) is 0. The summed E-state index contributed by atoms with van der Waals surface area (Å²) in [6.07, 6.45) is 0. The average molecular weight is 717 g/mol. The van der Waals surface area contributed by atoms with E-state index in [0.717, 1.165) is 71.8 Å². The Kier molecular flexibility index (Phi) is 7.38. The first-order valence-electron chi connectivity index (χ1n) is 18.7. The molecule has 11 rings (SSSR count). The third kappa shape index (κ3) is 5.27. The Bertz CT molecular complexity index is 3150. The molecule has 0 aliphatic carbocycles. The van der Waals surface area contributed by atoms with Crippen molar-refractivity contribution in [3.63, 3.8) is 0 Å². The van der Waals surface area contributed by atoms with Crippen LogP contribution in [0.4, 0.5) is 0 Å². The first-order chi connectivity index (χ1) is 27.8. The van der Waals surface area contributed by atoms with Crippen molar-refractivity contribution in [3.05, 3.63) is 194 Å². The molecule has 0 radical (unpaired) electrons.